The summed E-state index contributed by atoms with van der Waals surface area (Å²) in [5.74, 6) is 2.17. The molecular formula is C28H42O2. The quantitative estimate of drug-likeness (QED) is 0.245. The lowest BCUT2D eigenvalue weighted by molar-refractivity contribution is 0.294. The molecule has 0 aliphatic carbocycles. The SMILES string of the molecule is CCCCc1ccccc1OCCCCCCCCOc1ccccc1CCCC. The van der Waals surface area contributed by atoms with Gasteiger partial charge in [-0.05, 0) is 61.8 Å². The van der Waals surface area contributed by atoms with Gasteiger partial charge in [0.25, 0.3) is 0 Å². The lowest BCUT2D eigenvalue weighted by Gasteiger charge is -2.12. The van der Waals surface area contributed by atoms with Gasteiger partial charge in [0, 0.05) is 0 Å². The van der Waals surface area contributed by atoms with Gasteiger partial charge in [0.1, 0.15) is 11.5 Å². The maximum Gasteiger partial charge on any atom is 0.122 e. The van der Waals surface area contributed by atoms with Crippen LogP contribution in [0.15, 0.2) is 48.5 Å². The first-order chi connectivity index (χ1) is 14.8. The van der Waals surface area contributed by atoms with Crippen LogP contribution in [0.3, 0.4) is 0 Å². The van der Waals surface area contributed by atoms with Gasteiger partial charge in [0.15, 0.2) is 0 Å². The Balaban J connectivity index is 1.50. The fourth-order valence-corrected chi connectivity index (χ4v) is 3.71. The monoisotopic (exact) mass is 410 g/mol. The van der Waals surface area contributed by atoms with Crippen molar-refractivity contribution in [2.45, 2.75) is 90.9 Å². The number of rotatable bonds is 17. The number of benzene rings is 2. The second-order valence-corrected chi connectivity index (χ2v) is 8.24. The minimum absolute atomic E-state index is 0.834. The molecule has 0 heterocycles. The average Bonchev–Trinajstić information content (AvgIpc) is 2.78. The van der Waals surface area contributed by atoms with Crippen LogP contribution in [0.2, 0.25) is 0 Å². The van der Waals surface area contributed by atoms with Crippen molar-refractivity contribution < 1.29 is 9.47 Å². The summed E-state index contributed by atoms with van der Waals surface area (Å²) in [5.41, 5.74) is 2.71. The van der Waals surface area contributed by atoms with Gasteiger partial charge in [0.05, 0.1) is 13.2 Å². The summed E-state index contributed by atoms with van der Waals surface area (Å²) in [6, 6.07) is 17.0. The first-order valence-electron chi connectivity index (χ1n) is 12.3. The maximum absolute atomic E-state index is 6.05. The molecule has 0 saturated heterocycles. The van der Waals surface area contributed by atoms with Gasteiger partial charge >= 0.3 is 0 Å². The van der Waals surface area contributed by atoms with Crippen molar-refractivity contribution in [1.82, 2.24) is 0 Å². The van der Waals surface area contributed by atoms with Gasteiger partial charge in [-0.3, -0.25) is 0 Å². The lowest BCUT2D eigenvalue weighted by atomic mass is 10.1. The van der Waals surface area contributed by atoms with Gasteiger partial charge in [0.2, 0.25) is 0 Å². The van der Waals surface area contributed by atoms with Gasteiger partial charge in [-0.2, -0.15) is 0 Å². The third-order valence-corrected chi connectivity index (χ3v) is 5.60. The molecule has 0 N–H and O–H groups in total. The molecule has 2 rings (SSSR count). The molecule has 2 nitrogen and oxygen atoms in total. The Morgan fingerprint density at radius 2 is 0.900 bits per heavy atom. The molecular weight excluding hydrogens is 368 g/mol. The molecule has 0 saturated carbocycles. The number of para-hydroxylation sites is 2. The topological polar surface area (TPSA) is 18.5 Å². The molecule has 0 aromatic heterocycles. The van der Waals surface area contributed by atoms with Crippen LogP contribution in [0.25, 0.3) is 0 Å². The summed E-state index contributed by atoms with van der Waals surface area (Å²) >= 11 is 0. The Morgan fingerprint density at radius 1 is 0.500 bits per heavy atom. The average molecular weight is 411 g/mol. The summed E-state index contributed by atoms with van der Waals surface area (Å²) in [4.78, 5) is 0. The number of aryl methyl sites for hydroxylation is 2. The molecule has 2 heteroatoms. The molecule has 0 radical (unpaired) electrons. The minimum Gasteiger partial charge on any atom is -0.493 e. The molecule has 0 atom stereocenters. The summed E-state index contributed by atoms with van der Waals surface area (Å²) in [5, 5.41) is 0. The highest BCUT2D eigenvalue weighted by molar-refractivity contribution is 5.34. The van der Waals surface area contributed by atoms with E-state index in [2.05, 4.69) is 62.4 Å². The molecule has 0 bridgehead atoms. The van der Waals surface area contributed by atoms with Crippen LogP contribution in [-0.4, -0.2) is 13.2 Å². The van der Waals surface area contributed by atoms with Gasteiger partial charge < -0.3 is 9.47 Å². The summed E-state index contributed by atoms with van der Waals surface area (Å²) in [6.07, 6.45) is 14.5. The molecule has 0 fully saturated rings. The molecule has 2 aromatic carbocycles. The van der Waals surface area contributed by atoms with Crippen molar-refractivity contribution in [2.24, 2.45) is 0 Å². The van der Waals surface area contributed by atoms with Crippen molar-refractivity contribution in [2.75, 3.05) is 13.2 Å². The van der Waals surface area contributed by atoms with E-state index in [0.717, 1.165) is 50.4 Å². The molecule has 0 aliphatic heterocycles. The summed E-state index contributed by atoms with van der Waals surface area (Å²) in [7, 11) is 0. The van der Waals surface area contributed by atoms with Crippen molar-refractivity contribution in [1.29, 1.82) is 0 Å². The fraction of sp³-hybridized carbons (Fsp3) is 0.571. The summed E-state index contributed by atoms with van der Waals surface area (Å²) in [6.45, 7) is 6.14. The molecule has 0 aliphatic rings. The highest BCUT2D eigenvalue weighted by atomic mass is 16.5. The number of hydrogen-bond acceptors (Lipinski definition) is 2. The van der Waals surface area contributed by atoms with Crippen LogP contribution in [-0.2, 0) is 12.8 Å². The van der Waals surface area contributed by atoms with Gasteiger partial charge in [-0.15, -0.1) is 0 Å². The molecule has 30 heavy (non-hydrogen) atoms. The first-order valence-corrected chi connectivity index (χ1v) is 12.3. The number of unbranched alkanes of at least 4 members (excludes halogenated alkanes) is 7. The number of hydrogen-bond donors (Lipinski definition) is 0. The summed E-state index contributed by atoms with van der Waals surface area (Å²) < 4.78 is 12.1. The Kier molecular flexibility index (Phi) is 12.8. The Bertz CT molecular complexity index is 620. The van der Waals surface area contributed by atoms with Crippen LogP contribution in [0.4, 0.5) is 0 Å². The zero-order valence-corrected chi connectivity index (χ0v) is 19.3. The van der Waals surface area contributed by atoms with E-state index >= 15 is 0 Å². The Labute approximate surface area is 185 Å². The van der Waals surface area contributed by atoms with E-state index in [1.807, 2.05) is 0 Å². The van der Waals surface area contributed by atoms with Crippen LogP contribution >= 0.6 is 0 Å². The lowest BCUT2D eigenvalue weighted by Crippen LogP contribution is -2.01. The second-order valence-electron chi connectivity index (χ2n) is 8.24. The van der Waals surface area contributed by atoms with Crippen molar-refractivity contribution in [3.63, 3.8) is 0 Å². The second kappa shape index (κ2) is 15.8. The van der Waals surface area contributed by atoms with Crippen LogP contribution < -0.4 is 9.47 Å². The van der Waals surface area contributed by atoms with E-state index < -0.39 is 0 Å². The molecule has 0 spiro atoms. The molecule has 166 valence electrons. The normalized spacial score (nSPS) is 10.9. The Hall–Kier alpha value is -1.96. The van der Waals surface area contributed by atoms with Crippen LogP contribution in [0, 0.1) is 0 Å². The predicted molar refractivity (Wildman–Crippen MR) is 129 cm³/mol. The minimum atomic E-state index is 0.834. The third kappa shape index (κ3) is 9.69. The van der Waals surface area contributed by atoms with Gasteiger partial charge in [-0.1, -0.05) is 88.8 Å². The van der Waals surface area contributed by atoms with E-state index in [1.54, 1.807) is 0 Å². The van der Waals surface area contributed by atoms with E-state index in [9.17, 15) is 0 Å². The number of ether oxygens (including phenoxy) is 2. The third-order valence-electron chi connectivity index (χ3n) is 5.60. The van der Waals surface area contributed by atoms with Crippen molar-refractivity contribution in [3.05, 3.63) is 59.7 Å². The first kappa shape index (κ1) is 24.3. The zero-order valence-electron chi connectivity index (χ0n) is 19.3. The van der Waals surface area contributed by atoms with Crippen LogP contribution in [0.5, 0.6) is 11.5 Å². The largest absolute Gasteiger partial charge is 0.493 e. The highest BCUT2D eigenvalue weighted by Gasteiger charge is 2.03. The zero-order chi connectivity index (χ0) is 21.3. The van der Waals surface area contributed by atoms with E-state index in [4.69, 9.17) is 9.47 Å². The van der Waals surface area contributed by atoms with Gasteiger partial charge in [-0.25, -0.2) is 0 Å². The smallest absolute Gasteiger partial charge is 0.122 e. The van der Waals surface area contributed by atoms with E-state index in [1.165, 1.54) is 62.5 Å². The van der Waals surface area contributed by atoms with Crippen molar-refractivity contribution >= 4 is 0 Å². The standard InChI is InChI=1S/C28H42O2/c1-3-5-17-25-19-11-13-21-27(25)29-23-15-9-7-8-10-16-24-30-28-22-14-12-20-26(28)18-6-4-2/h11-14,19-22H,3-10,15-18,23-24H2,1-2H3. The molecule has 2 aromatic rings. The van der Waals surface area contributed by atoms with Crippen LogP contribution in [0.1, 0.15) is 89.2 Å². The van der Waals surface area contributed by atoms with Crippen molar-refractivity contribution in [3.8, 4) is 11.5 Å². The van der Waals surface area contributed by atoms with E-state index in [0.29, 0.717) is 0 Å². The van der Waals surface area contributed by atoms with E-state index in [-0.39, 0.29) is 0 Å². The Morgan fingerprint density at radius 3 is 1.33 bits per heavy atom. The highest BCUT2D eigenvalue weighted by Crippen LogP contribution is 2.22. The fourth-order valence-electron chi connectivity index (χ4n) is 3.71. The maximum atomic E-state index is 6.05. The predicted octanol–water partition coefficient (Wildman–Crippen LogP) is 8.17. The molecule has 0 unspecified atom stereocenters. The molecule has 0 amide bonds.